The highest BCUT2D eigenvalue weighted by Crippen LogP contribution is 2.29. The maximum atomic E-state index is 12.9. The number of methoxy groups -OCH3 is 1. The highest BCUT2D eigenvalue weighted by atomic mass is 35.5. The Bertz CT molecular complexity index is 737. The molecule has 6 heteroatoms. The van der Waals surface area contributed by atoms with Crippen LogP contribution in [0.5, 0.6) is 11.5 Å². The Kier molecular flexibility index (Phi) is 7.73. The van der Waals surface area contributed by atoms with Gasteiger partial charge in [0.2, 0.25) is 0 Å². The summed E-state index contributed by atoms with van der Waals surface area (Å²) in [5.74, 6) is 1.25. The number of hydrogen-bond acceptors (Lipinski definition) is 4. The fourth-order valence-corrected chi connectivity index (χ4v) is 2.80. The molecule has 0 aliphatic heterocycles. The lowest BCUT2D eigenvalue weighted by atomic mass is 10.1. The topological polar surface area (TPSA) is 51.7 Å². The molecule has 0 bridgehead atoms. The number of halogens is 1. The van der Waals surface area contributed by atoms with Crippen molar-refractivity contribution in [1.29, 1.82) is 0 Å². The van der Waals surface area contributed by atoms with E-state index in [0.29, 0.717) is 36.8 Å². The lowest BCUT2D eigenvalue weighted by Crippen LogP contribution is -2.31. The summed E-state index contributed by atoms with van der Waals surface area (Å²) in [5.41, 5.74) is 1.38. The third-order valence-corrected chi connectivity index (χ3v) is 4.13. The summed E-state index contributed by atoms with van der Waals surface area (Å²) in [4.78, 5) is 18.6. The van der Waals surface area contributed by atoms with E-state index in [4.69, 9.17) is 21.1 Å². The lowest BCUT2D eigenvalue weighted by Gasteiger charge is -2.23. The molecule has 2 rings (SSSR count). The van der Waals surface area contributed by atoms with E-state index in [-0.39, 0.29) is 11.1 Å². The second-order valence-electron chi connectivity index (χ2n) is 5.90. The van der Waals surface area contributed by atoms with Crippen molar-refractivity contribution in [3.63, 3.8) is 0 Å². The number of ether oxygens (including phenoxy) is 2. The van der Waals surface area contributed by atoms with Gasteiger partial charge in [-0.05, 0) is 42.7 Å². The molecule has 0 fully saturated rings. The average Bonchev–Trinajstić information content (AvgIpc) is 2.66. The van der Waals surface area contributed by atoms with E-state index in [2.05, 4.69) is 11.9 Å². The molecule has 26 heavy (non-hydrogen) atoms. The first-order chi connectivity index (χ1) is 12.6. The standard InChI is InChI=1S/C20H25ClN2O3/c1-4-11-23(20(24)16-7-6-10-22-19(16)21)14-15-8-9-17(26-12-5-2)18(13-15)25-3/h6-10,13H,4-5,11-12,14H2,1-3H3. The second kappa shape index (κ2) is 10.0. The number of hydrogen-bond donors (Lipinski definition) is 0. The molecule has 0 saturated carbocycles. The molecule has 2 aromatic rings. The van der Waals surface area contributed by atoms with Gasteiger partial charge >= 0.3 is 0 Å². The largest absolute Gasteiger partial charge is 0.493 e. The van der Waals surface area contributed by atoms with Crippen LogP contribution in [-0.2, 0) is 6.54 Å². The van der Waals surface area contributed by atoms with Crippen molar-refractivity contribution in [3.05, 3.63) is 52.8 Å². The number of rotatable bonds is 9. The Morgan fingerprint density at radius 2 is 2.00 bits per heavy atom. The summed E-state index contributed by atoms with van der Waals surface area (Å²) >= 11 is 6.09. The monoisotopic (exact) mass is 376 g/mol. The number of carbonyl (C=O) groups excluding carboxylic acids is 1. The molecule has 1 aromatic heterocycles. The first-order valence-corrected chi connectivity index (χ1v) is 9.18. The van der Waals surface area contributed by atoms with Gasteiger partial charge in [-0.25, -0.2) is 4.98 Å². The molecular formula is C20H25ClN2O3. The minimum absolute atomic E-state index is 0.129. The van der Waals surface area contributed by atoms with Crippen molar-refractivity contribution in [2.75, 3.05) is 20.3 Å². The summed E-state index contributed by atoms with van der Waals surface area (Å²) in [7, 11) is 1.61. The summed E-state index contributed by atoms with van der Waals surface area (Å²) in [5, 5.41) is 0.222. The molecule has 1 heterocycles. The lowest BCUT2D eigenvalue weighted by molar-refractivity contribution is 0.0743. The molecule has 0 spiro atoms. The molecular weight excluding hydrogens is 352 g/mol. The fourth-order valence-electron chi connectivity index (χ4n) is 2.60. The summed E-state index contributed by atoms with van der Waals surface area (Å²) in [6.45, 7) is 5.81. The van der Waals surface area contributed by atoms with Gasteiger partial charge in [0.15, 0.2) is 11.5 Å². The Labute approximate surface area is 159 Å². The Hall–Kier alpha value is -2.27. The molecule has 0 saturated heterocycles. The van der Waals surface area contributed by atoms with Crippen LogP contribution >= 0.6 is 11.6 Å². The van der Waals surface area contributed by atoms with Crippen LogP contribution in [0.3, 0.4) is 0 Å². The van der Waals surface area contributed by atoms with Crippen LogP contribution in [0.2, 0.25) is 5.15 Å². The van der Waals surface area contributed by atoms with E-state index in [0.717, 1.165) is 18.4 Å². The van der Waals surface area contributed by atoms with Crippen molar-refractivity contribution in [2.45, 2.75) is 33.2 Å². The Morgan fingerprint density at radius 1 is 1.19 bits per heavy atom. The SMILES string of the molecule is CCCOc1ccc(CN(CCC)C(=O)c2cccnc2Cl)cc1OC. The van der Waals surface area contributed by atoms with E-state index < -0.39 is 0 Å². The first kappa shape index (κ1) is 20.0. The van der Waals surface area contributed by atoms with Crippen LogP contribution < -0.4 is 9.47 Å². The van der Waals surface area contributed by atoms with Crippen molar-refractivity contribution in [2.24, 2.45) is 0 Å². The zero-order valence-corrected chi connectivity index (χ0v) is 16.3. The zero-order valence-electron chi connectivity index (χ0n) is 15.5. The predicted octanol–water partition coefficient (Wildman–Crippen LogP) is 4.58. The molecule has 0 aliphatic rings. The van der Waals surface area contributed by atoms with Gasteiger partial charge in [-0.2, -0.15) is 0 Å². The van der Waals surface area contributed by atoms with Gasteiger partial charge in [-0.1, -0.05) is 31.5 Å². The molecule has 140 valence electrons. The highest BCUT2D eigenvalue weighted by molar-refractivity contribution is 6.32. The predicted molar refractivity (Wildman–Crippen MR) is 103 cm³/mol. The van der Waals surface area contributed by atoms with Gasteiger partial charge in [0.1, 0.15) is 5.15 Å². The molecule has 0 atom stereocenters. The third kappa shape index (κ3) is 5.11. The van der Waals surface area contributed by atoms with Crippen LogP contribution in [0.4, 0.5) is 0 Å². The van der Waals surface area contributed by atoms with Crippen molar-refractivity contribution in [3.8, 4) is 11.5 Å². The van der Waals surface area contributed by atoms with Gasteiger partial charge < -0.3 is 14.4 Å². The Balaban J connectivity index is 2.21. The van der Waals surface area contributed by atoms with Crippen LogP contribution in [0.15, 0.2) is 36.5 Å². The smallest absolute Gasteiger partial charge is 0.257 e. The van der Waals surface area contributed by atoms with E-state index in [1.807, 2.05) is 25.1 Å². The minimum Gasteiger partial charge on any atom is -0.493 e. The van der Waals surface area contributed by atoms with E-state index in [9.17, 15) is 4.79 Å². The van der Waals surface area contributed by atoms with Crippen molar-refractivity contribution >= 4 is 17.5 Å². The summed E-state index contributed by atoms with van der Waals surface area (Å²) in [6.07, 6.45) is 3.34. The minimum atomic E-state index is -0.129. The number of aromatic nitrogens is 1. The highest BCUT2D eigenvalue weighted by Gasteiger charge is 2.19. The van der Waals surface area contributed by atoms with E-state index in [1.165, 1.54) is 0 Å². The number of pyridine rings is 1. The summed E-state index contributed by atoms with van der Waals surface area (Å²) < 4.78 is 11.1. The Morgan fingerprint density at radius 3 is 2.65 bits per heavy atom. The second-order valence-corrected chi connectivity index (χ2v) is 6.26. The van der Waals surface area contributed by atoms with Crippen LogP contribution in [0.1, 0.15) is 42.6 Å². The molecule has 0 N–H and O–H groups in total. The van der Waals surface area contributed by atoms with Gasteiger partial charge in [-0.3, -0.25) is 4.79 Å². The molecule has 0 radical (unpaired) electrons. The number of benzene rings is 1. The van der Waals surface area contributed by atoms with Crippen LogP contribution in [-0.4, -0.2) is 36.1 Å². The quantitative estimate of drug-likeness (QED) is 0.601. The number of amides is 1. The fraction of sp³-hybridized carbons (Fsp3) is 0.400. The molecule has 5 nitrogen and oxygen atoms in total. The molecule has 1 amide bonds. The molecule has 1 aromatic carbocycles. The van der Waals surface area contributed by atoms with E-state index in [1.54, 1.807) is 30.3 Å². The number of nitrogens with zero attached hydrogens (tertiary/aromatic N) is 2. The van der Waals surface area contributed by atoms with Gasteiger partial charge in [0.25, 0.3) is 5.91 Å². The first-order valence-electron chi connectivity index (χ1n) is 8.80. The third-order valence-electron chi connectivity index (χ3n) is 3.83. The normalized spacial score (nSPS) is 10.5. The average molecular weight is 377 g/mol. The number of carbonyl (C=O) groups is 1. The van der Waals surface area contributed by atoms with Gasteiger partial charge in [0.05, 0.1) is 19.3 Å². The van der Waals surface area contributed by atoms with Crippen molar-refractivity contribution < 1.29 is 14.3 Å². The summed E-state index contributed by atoms with van der Waals surface area (Å²) in [6, 6.07) is 9.16. The van der Waals surface area contributed by atoms with Gasteiger partial charge in [0, 0.05) is 19.3 Å². The van der Waals surface area contributed by atoms with Gasteiger partial charge in [-0.15, -0.1) is 0 Å². The van der Waals surface area contributed by atoms with Crippen LogP contribution in [0, 0.1) is 0 Å². The van der Waals surface area contributed by atoms with Crippen LogP contribution in [0.25, 0.3) is 0 Å². The molecule has 0 aliphatic carbocycles. The maximum absolute atomic E-state index is 12.9. The zero-order chi connectivity index (χ0) is 18.9. The molecule has 0 unspecified atom stereocenters. The maximum Gasteiger partial charge on any atom is 0.257 e. The van der Waals surface area contributed by atoms with E-state index >= 15 is 0 Å². The van der Waals surface area contributed by atoms with Crippen molar-refractivity contribution in [1.82, 2.24) is 9.88 Å².